The number of nitrogens with one attached hydrogen (secondary N) is 1. The van der Waals surface area contributed by atoms with Crippen molar-refractivity contribution in [1.29, 1.82) is 0 Å². The van der Waals surface area contributed by atoms with Crippen molar-refractivity contribution >= 4 is 16.9 Å². The van der Waals surface area contributed by atoms with E-state index in [0.29, 0.717) is 17.8 Å². The molecule has 3 aromatic rings. The van der Waals surface area contributed by atoms with Gasteiger partial charge in [-0.1, -0.05) is 12.1 Å². The van der Waals surface area contributed by atoms with Crippen molar-refractivity contribution in [1.82, 2.24) is 15.3 Å². The first-order valence-corrected chi connectivity index (χ1v) is 6.89. The van der Waals surface area contributed by atoms with Gasteiger partial charge in [0.1, 0.15) is 11.4 Å². The second-order valence-corrected chi connectivity index (χ2v) is 4.77. The van der Waals surface area contributed by atoms with Crippen molar-refractivity contribution in [2.24, 2.45) is 0 Å². The van der Waals surface area contributed by atoms with Crippen LogP contribution in [-0.4, -0.2) is 23.0 Å². The first kappa shape index (κ1) is 14.0. The van der Waals surface area contributed by atoms with Crippen molar-refractivity contribution in [2.75, 3.05) is 7.11 Å². The van der Waals surface area contributed by atoms with Gasteiger partial charge < -0.3 is 10.1 Å². The minimum atomic E-state index is -0.207. The lowest BCUT2D eigenvalue weighted by molar-refractivity contribution is 0.0946. The molecular formula is C17H15N3O2. The van der Waals surface area contributed by atoms with Crippen molar-refractivity contribution in [2.45, 2.75) is 6.54 Å². The molecule has 0 aliphatic rings. The van der Waals surface area contributed by atoms with Crippen molar-refractivity contribution in [3.63, 3.8) is 0 Å². The Bertz CT molecular complexity index is 800. The molecule has 0 unspecified atom stereocenters. The smallest absolute Gasteiger partial charge is 0.270 e. The largest absolute Gasteiger partial charge is 0.497 e. The lowest BCUT2D eigenvalue weighted by Crippen LogP contribution is -2.23. The normalized spacial score (nSPS) is 10.4. The summed E-state index contributed by atoms with van der Waals surface area (Å²) in [5.74, 6) is 0.584. The Labute approximate surface area is 128 Å². The van der Waals surface area contributed by atoms with Gasteiger partial charge in [0.15, 0.2) is 0 Å². The number of ether oxygens (including phenoxy) is 1. The fraction of sp³-hybridized carbons (Fsp3) is 0.118. The molecule has 2 aromatic heterocycles. The van der Waals surface area contributed by atoms with E-state index in [9.17, 15) is 4.79 Å². The van der Waals surface area contributed by atoms with Gasteiger partial charge >= 0.3 is 0 Å². The Morgan fingerprint density at radius 1 is 1.09 bits per heavy atom. The van der Waals surface area contributed by atoms with Crippen molar-refractivity contribution in [3.8, 4) is 5.75 Å². The van der Waals surface area contributed by atoms with Gasteiger partial charge in [0, 0.05) is 12.7 Å². The molecule has 22 heavy (non-hydrogen) atoms. The minimum absolute atomic E-state index is 0.207. The van der Waals surface area contributed by atoms with Crippen molar-refractivity contribution < 1.29 is 9.53 Å². The second-order valence-electron chi connectivity index (χ2n) is 4.77. The van der Waals surface area contributed by atoms with Crippen LogP contribution in [0.5, 0.6) is 5.75 Å². The van der Waals surface area contributed by atoms with Gasteiger partial charge in [0.05, 0.1) is 18.1 Å². The molecule has 0 aliphatic heterocycles. The number of rotatable bonds is 4. The van der Waals surface area contributed by atoms with E-state index in [4.69, 9.17) is 4.74 Å². The summed E-state index contributed by atoms with van der Waals surface area (Å²) >= 11 is 0. The standard InChI is InChI=1S/C17H15N3O2/c1-22-13-6-4-12(5-7-13)11-19-17(21)16-9-8-14-15(20-16)3-2-10-18-14/h2-10H,11H2,1H3,(H,19,21). The zero-order valence-electron chi connectivity index (χ0n) is 12.1. The van der Waals surface area contributed by atoms with Crippen LogP contribution >= 0.6 is 0 Å². The molecule has 1 aromatic carbocycles. The molecule has 2 heterocycles. The number of pyridine rings is 2. The molecule has 0 saturated carbocycles. The minimum Gasteiger partial charge on any atom is -0.497 e. The Morgan fingerprint density at radius 3 is 2.68 bits per heavy atom. The molecule has 0 spiro atoms. The van der Waals surface area contributed by atoms with Gasteiger partial charge in [-0.15, -0.1) is 0 Å². The number of amides is 1. The Kier molecular flexibility index (Phi) is 3.96. The number of nitrogens with zero attached hydrogens (tertiary/aromatic N) is 2. The maximum absolute atomic E-state index is 12.2. The van der Waals surface area contributed by atoms with Crippen LogP contribution in [-0.2, 0) is 6.54 Å². The van der Waals surface area contributed by atoms with Gasteiger partial charge in [-0.25, -0.2) is 4.98 Å². The number of hydrogen-bond donors (Lipinski definition) is 1. The molecule has 0 aliphatic carbocycles. The van der Waals surface area contributed by atoms with Crippen LogP contribution in [0.25, 0.3) is 11.0 Å². The molecule has 5 nitrogen and oxygen atoms in total. The van der Waals surface area contributed by atoms with E-state index < -0.39 is 0 Å². The summed E-state index contributed by atoms with van der Waals surface area (Å²) < 4.78 is 5.10. The lowest BCUT2D eigenvalue weighted by atomic mass is 10.2. The van der Waals surface area contributed by atoms with Crippen LogP contribution in [0, 0.1) is 0 Å². The molecular weight excluding hydrogens is 278 g/mol. The highest BCUT2D eigenvalue weighted by molar-refractivity contribution is 5.94. The second kappa shape index (κ2) is 6.22. The van der Waals surface area contributed by atoms with E-state index >= 15 is 0 Å². The van der Waals surface area contributed by atoms with Crippen LogP contribution in [0.15, 0.2) is 54.7 Å². The lowest BCUT2D eigenvalue weighted by Gasteiger charge is -2.06. The van der Waals surface area contributed by atoms with E-state index in [-0.39, 0.29) is 5.91 Å². The van der Waals surface area contributed by atoms with E-state index in [1.807, 2.05) is 30.3 Å². The molecule has 3 rings (SSSR count). The maximum atomic E-state index is 12.2. The molecule has 110 valence electrons. The zero-order valence-corrected chi connectivity index (χ0v) is 12.1. The number of aromatic nitrogens is 2. The van der Waals surface area contributed by atoms with Crippen LogP contribution in [0.4, 0.5) is 0 Å². The maximum Gasteiger partial charge on any atom is 0.270 e. The topological polar surface area (TPSA) is 64.1 Å². The van der Waals surface area contributed by atoms with E-state index in [1.165, 1.54) is 0 Å². The van der Waals surface area contributed by atoms with Gasteiger partial charge in [0.2, 0.25) is 0 Å². The first-order valence-electron chi connectivity index (χ1n) is 6.89. The third kappa shape index (κ3) is 3.03. The zero-order chi connectivity index (χ0) is 15.4. The predicted octanol–water partition coefficient (Wildman–Crippen LogP) is 2.57. The number of benzene rings is 1. The fourth-order valence-corrected chi connectivity index (χ4v) is 2.10. The third-order valence-corrected chi connectivity index (χ3v) is 3.30. The quantitative estimate of drug-likeness (QED) is 0.803. The highest BCUT2D eigenvalue weighted by atomic mass is 16.5. The third-order valence-electron chi connectivity index (χ3n) is 3.30. The van der Waals surface area contributed by atoms with Crippen molar-refractivity contribution in [3.05, 3.63) is 66.0 Å². The van der Waals surface area contributed by atoms with Crippen LogP contribution in [0.3, 0.4) is 0 Å². The monoisotopic (exact) mass is 293 g/mol. The number of fused-ring (bicyclic) bond motifs is 1. The van der Waals surface area contributed by atoms with Crippen LogP contribution < -0.4 is 10.1 Å². The Balaban J connectivity index is 1.69. The molecule has 0 saturated heterocycles. The molecule has 1 N–H and O–H groups in total. The van der Waals surface area contributed by atoms with E-state index in [1.54, 1.807) is 31.5 Å². The number of carbonyl (C=O) groups excluding carboxylic acids is 1. The van der Waals surface area contributed by atoms with Gasteiger partial charge in [-0.3, -0.25) is 9.78 Å². The van der Waals surface area contributed by atoms with Gasteiger partial charge in [0.25, 0.3) is 5.91 Å². The summed E-state index contributed by atoms with van der Waals surface area (Å²) in [5.41, 5.74) is 2.86. The SMILES string of the molecule is COc1ccc(CNC(=O)c2ccc3ncccc3n2)cc1. The van der Waals surface area contributed by atoms with Gasteiger partial charge in [-0.2, -0.15) is 0 Å². The molecule has 0 fully saturated rings. The van der Waals surface area contributed by atoms with Crippen LogP contribution in [0.2, 0.25) is 0 Å². The fourth-order valence-electron chi connectivity index (χ4n) is 2.10. The molecule has 0 radical (unpaired) electrons. The molecule has 5 heteroatoms. The Morgan fingerprint density at radius 2 is 1.91 bits per heavy atom. The number of methoxy groups -OCH3 is 1. The summed E-state index contributed by atoms with van der Waals surface area (Å²) in [6.07, 6.45) is 1.70. The first-order chi connectivity index (χ1) is 10.8. The summed E-state index contributed by atoms with van der Waals surface area (Å²) in [6.45, 7) is 0.440. The molecule has 1 amide bonds. The van der Waals surface area contributed by atoms with E-state index in [2.05, 4.69) is 15.3 Å². The molecule has 0 bridgehead atoms. The average molecular weight is 293 g/mol. The highest BCUT2D eigenvalue weighted by Gasteiger charge is 2.08. The number of carbonyl (C=O) groups is 1. The molecule has 0 atom stereocenters. The summed E-state index contributed by atoms with van der Waals surface area (Å²) in [6, 6.07) is 14.7. The highest BCUT2D eigenvalue weighted by Crippen LogP contribution is 2.12. The average Bonchev–Trinajstić information content (AvgIpc) is 2.59. The van der Waals surface area contributed by atoms with Crippen LogP contribution in [0.1, 0.15) is 16.1 Å². The van der Waals surface area contributed by atoms with Gasteiger partial charge in [-0.05, 0) is 42.0 Å². The summed E-state index contributed by atoms with van der Waals surface area (Å²) in [4.78, 5) is 20.7. The summed E-state index contributed by atoms with van der Waals surface area (Å²) in [5, 5.41) is 2.85. The van der Waals surface area contributed by atoms with E-state index in [0.717, 1.165) is 16.8 Å². The number of hydrogen-bond acceptors (Lipinski definition) is 4. The Hall–Kier alpha value is -2.95. The predicted molar refractivity (Wildman–Crippen MR) is 83.7 cm³/mol. The summed E-state index contributed by atoms with van der Waals surface area (Å²) in [7, 11) is 1.62.